The molecule has 0 saturated heterocycles. The Morgan fingerprint density at radius 2 is 1.97 bits per heavy atom. The molecule has 3 rings (SSSR count). The lowest BCUT2D eigenvalue weighted by Gasteiger charge is -2.14. The highest BCUT2D eigenvalue weighted by atomic mass is 16.5. The molecule has 0 aliphatic heterocycles. The second-order valence-electron chi connectivity index (χ2n) is 9.43. The van der Waals surface area contributed by atoms with Gasteiger partial charge in [0.25, 0.3) is 0 Å². The number of pyridine rings is 1. The fourth-order valence-electron chi connectivity index (χ4n) is 3.93. The number of carbonyl (C=O) groups is 1. The number of ether oxygens (including phenoxy) is 2. The van der Waals surface area contributed by atoms with E-state index in [0.717, 1.165) is 48.9 Å². The van der Waals surface area contributed by atoms with Crippen LogP contribution in [0.2, 0.25) is 0 Å². The Morgan fingerprint density at radius 3 is 2.71 bits per heavy atom. The van der Waals surface area contributed by atoms with Crippen LogP contribution >= 0.6 is 0 Å². The lowest BCUT2D eigenvalue weighted by Crippen LogP contribution is -2.28. The number of methoxy groups -OCH3 is 1. The van der Waals surface area contributed by atoms with E-state index in [9.17, 15) is 4.79 Å². The third-order valence-electron chi connectivity index (χ3n) is 5.80. The van der Waals surface area contributed by atoms with Crippen LogP contribution in [0.3, 0.4) is 0 Å². The lowest BCUT2D eigenvalue weighted by molar-refractivity contribution is 0.251. The Labute approximate surface area is 208 Å². The number of benzene rings is 1. The minimum Gasteiger partial charge on any atom is -0.493 e. The van der Waals surface area contributed by atoms with Crippen molar-refractivity contribution < 1.29 is 14.3 Å². The molecule has 2 N–H and O–H groups in total. The molecule has 2 aromatic heterocycles. The molecule has 0 atom stereocenters. The molecule has 0 unspecified atom stereocenters. The molecule has 8 nitrogen and oxygen atoms in total. The van der Waals surface area contributed by atoms with Crippen LogP contribution in [0.15, 0.2) is 42.7 Å². The van der Waals surface area contributed by atoms with E-state index in [-0.39, 0.29) is 6.03 Å². The Kier molecular flexibility index (Phi) is 9.78. The van der Waals surface area contributed by atoms with Gasteiger partial charge in [0.1, 0.15) is 5.65 Å². The maximum atomic E-state index is 12.6. The number of hydrogen-bond donors (Lipinski definition) is 2. The van der Waals surface area contributed by atoms with Gasteiger partial charge in [0.15, 0.2) is 11.5 Å². The van der Waals surface area contributed by atoms with E-state index >= 15 is 0 Å². The van der Waals surface area contributed by atoms with E-state index in [4.69, 9.17) is 9.47 Å². The Balaban J connectivity index is 1.58. The second-order valence-corrected chi connectivity index (χ2v) is 9.43. The van der Waals surface area contributed by atoms with Crippen LogP contribution in [0.25, 0.3) is 11.0 Å². The molecule has 0 bridgehead atoms. The van der Waals surface area contributed by atoms with E-state index < -0.39 is 0 Å². The summed E-state index contributed by atoms with van der Waals surface area (Å²) in [4.78, 5) is 19.3. The van der Waals surface area contributed by atoms with E-state index in [1.54, 1.807) is 31.5 Å². The first-order valence-corrected chi connectivity index (χ1v) is 12.3. The summed E-state index contributed by atoms with van der Waals surface area (Å²) < 4.78 is 13.5. The Hall–Kier alpha value is -3.26. The van der Waals surface area contributed by atoms with Gasteiger partial charge in [0, 0.05) is 42.6 Å². The highest BCUT2D eigenvalue weighted by Gasteiger charge is 2.11. The maximum absolute atomic E-state index is 12.6. The second kappa shape index (κ2) is 13.0. The summed E-state index contributed by atoms with van der Waals surface area (Å²) in [7, 11) is 5.77. The van der Waals surface area contributed by atoms with Gasteiger partial charge in [0.05, 0.1) is 13.7 Å². The number of nitrogens with zero attached hydrogens (tertiary/aromatic N) is 3. The van der Waals surface area contributed by atoms with Gasteiger partial charge in [-0.25, -0.2) is 9.78 Å². The molecule has 0 spiro atoms. The van der Waals surface area contributed by atoms with Crippen molar-refractivity contribution >= 4 is 22.8 Å². The summed E-state index contributed by atoms with van der Waals surface area (Å²) in [6.07, 6.45) is 6.98. The summed E-state index contributed by atoms with van der Waals surface area (Å²) in [5.41, 5.74) is 2.62. The van der Waals surface area contributed by atoms with Crippen LogP contribution in [-0.2, 0) is 13.1 Å². The molecular weight excluding hydrogens is 442 g/mol. The number of amides is 2. The number of rotatable bonds is 13. The Bertz CT molecular complexity index is 1090. The van der Waals surface area contributed by atoms with Crippen LogP contribution in [-0.4, -0.2) is 54.8 Å². The first-order valence-electron chi connectivity index (χ1n) is 12.3. The zero-order valence-corrected chi connectivity index (χ0v) is 21.6. The van der Waals surface area contributed by atoms with E-state index in [0.29, 0.717) is 36.3 Å². The smallest absolute Gasteiger partial charge is 0.319 e. The normalized spacial score (nSPS) is 11.3. The van der Waals surface area contributed by atoms with Gasteiger partial charge < -0.3 is 29.6 Å². The molecule has 35 heavy (non-hydrogen) atoms. The largest absolute Gasteiger partial charge is 0.493 e. The molecule has 0 saturated carbocycles. The summed E-state index contributed by atoms with van der Waals surface area (Å²) in [6.45, 7) is 7.34. The maximum Gasteiger partial charge on any atom is 0.319 e. The van der Waals surface area contributed by atoms with E-state index in [1.807, 2.05) is 6.07 Å². The van der Waals surface area contributed by atoms with Crippen LogP contribution in [0.4, 0.5) is 10.5 Å². The quantitative estimate of drug-likeness (QED) is 0.331. The third-order valence-corrected chi connectivity index (χ3v) is 5.80. The first-order chi connectivity index (χ1) is 16.9. The number of aromatic nitrogens is 2. The van der Waals surface area contributed by atoms with Gasteiger partial charge in [-0.15, -0.1) is 0 Å². The lowest BCUT2D eigenvalue weighted by atomic mass is 10.1. The summed E-state index contributed by atoms with van der Waals surface area (Å²) in [5, 5.41) is 6.90. The Morgan fingerprint density at radius 1 is 1.14 bits per heavy atom. The van der Waals surface area contributed by atoms with Crippen molar-refractivity contribution in [1.29, 1.82) is 0 Å². The molecular formula is C27H39N5O3. The molecule has 0 aliphatic rings. The highest BCUT2D eigenvalue weighted by molar-refractivity contribution is 5.90. The average Bonchev–Trinajstić information content (AvgIpc) is 3.24. The number of nitrogens with one attached hydrogen (secondary N) is 2. The number of urea groups is 1. The average molecular weight is 482 g/mol. The number of carbonyl (C=O) groups excluding carboxylic acids is 1. The van der Waals surface area contributed by atoms with E-state index in [1.165, 1.54) is 0 Å². The van der Waals surface area contributed by atoms with E-state index in [2.05, 4.69) is 65.3 Å². The molecule has 190 valence electrons. The molecule has 2 heterocycles. The van der Waals surface area contributed by atoms with Gasteiger partial charge >= 0.3 is 6.03 Å². The summed E-state index contributed by atoms with van der Waals surface area (Å²) >= 11 is 0. The van der Waals surface area contributed by atoms with Crippen LogP contribution in [0.1, 0.15) is 38.7 Å². The number of fused-ring (bicyclic) bond motifs is 1. The molecule has 3 aromatic rings. The molecule has 0 radical (unpaired) electrons. The minimum absolute atomic E-state index is 0.281. The van der Waals surface area contributed by atoms with Crippen molar-refractivity contribution in [3.8, 4) is 11.5 Å². The van der Waals surface area contributed by atoms with Gasteiger partial charge in [-0.2, -0.15) is 0 Å². The zero-order valence-electron chi connectivity index (χ0n) is 21.6. The monoisotopic (exact) mass is 481 g/mol. The van der Waals surface area contributed by atoms with Gasteiger partial charge in [-0.3, -0.25) is 0 Å². The van der Waals surface area contributed by atoms with Crippen molar-refractivity contribution in [1.82, 2.24) is 19.8 Å². The van der Waals surface area contributed by atoms with Gasteiger partial charge in [-0.05, 0) is 75.6 Å². The number of anilines is 1. The standard InChI is InChI=1S/C27H39N5O3/c1-20(2)8-6-17-35-25-18-22(9-10-24(25)34-5)30-27(33)29-19-21-11-13-28-26-23(21)12-16-32(26)15-7-14-31(3)4/h9-13,16,18,20H,6-8,14-15,17,19H2,1-5H3,(H2,29,30,33). The van der Waals surface area contributed by atoms with Crippen molar-refractivity contribution in [2.24, 2.45) is 5.92 Å². The zero-order chi connectivity index (χ0) is 25.2. The number of hydrogen-bond acceptors (Lipinski definition) is 5. The SMILES string of the molecule is COc1ccc(NC(=O)NCc2ccnc3c2ccn3CCCN(C)C)cc1OCCCC(C)C. The molecule has 2 amide bonds. The summed E-state index contributed by atoms with van der Waals surface area (Å²) in [5.74, 6) is 1.91. The number of aryl methyl sites for hydroxylation is 1. The van der Waals surface area contributed by atoms with Crippen molar-refractivity contribution in [2.75, 3.05) is 39.7 Å². The first kappa shape index (κ1) is 26.3. The van der Waals surface area contributed by atoms with Crippen molar-refractivity contribution in [3.05, 3.63) is 48.3 Å². The van der Waals surface area contributed by atoms with Crippen LogP contribution in [0.5, 0.6) is 11.5 Å². The highest BCUT2D eigenvalue weighted by Crippen LogP contribution is 2.30. The van der Waals surface area contributed by atoms with Crippen LogP contribution in [0, 0.1) is 5.92 Å². The summed E-state index contributed by atoms with van der Waals surface area (Å²) in [6, 6.07) is 9.14. The van der Waals surface area contributed by atoms with Crippen LogP contribution < -0.4 is 20.1 Å². The predicted molar refractivity (Wildman–Crippen MR) is 141 cm³/mol. The molecule has 1 aromatic carbocycles. The van der Waals surface area contributed by atoms with Gasteiger partial charge in [0.2, 0.25) is 0 Å². The molecule has 0 aliphatic carbocycles. The van der Waals surface area contributed by atoms with Gasteiger partial charge in [-0.1, -0.05) is 13.8 Å². The fraction of sp³-hybridized carbons (Fsp3) is 0.481. The fourth-order valence-corrected chi connectivity index (χ4v) is 3.93. The molecule has 0 fully saturated rings. The third kappa shape index (κ3) is 7.89. The van der Waals surface area contributed by atoms with Crippen molar-refractivity contribution in [3.63, 3.8) is 0 Å². The van der Waals surface area contributed by atoms with Crippen molar-refractivity contribution in [2.45, 2.75) is 46.2 Å². The molecule has 8 heteroatoms. The minimum atomic E-state index is -0.281. The topological polar surface area (TPSA) is 80.7 Å². The predicted octanol–water partition coefficient (Wildman–Crippen LogP) is 5.13.